The number of amides is 2. The van der Waals surface area contributed by atoms with Crippen LogP contribution in [-0.4, -0.2) is 24.4 Å². The zero-order valence-corrected chi connectivity index (χ0v) is 15.9. The quantitative estimate of drug-likeness (QED) is 0.376. The van der Waals surface area contributed by atoms with E-state index in [2.05, 4.69) is 10.9 Å². The van der Waals surface area contributed by atoms with E-state index in [9.17, 15) is 14.4 Å². The van der Waals surface area contributed by atoms with E-state index in [0.29, 0.717) is 13.0 Å². The van der Waals surface area contributed by atoms with Gasteiger partial charge in [-0.1, -0.05) is 60.7 Å². The smallest absolute Gasteiger partial charge is 0.306 e. The molecule has 0 heterocycles. The fourth-order valence-electron chi connectivity index (χ4n) is 2.56. The van der Waals surface area contributed by atoms with Crippen molar-refractivity contribution in [3.8, 4) is 0 Å². The molecule has 2 N–H and O–H groups in total. The van der Waals surface area contributed by atoms with E-state index in [-0.39, 0.29) is 25.2 Å². The lowest BCUT2D eigenvalue weighted by atomic mass is 10.1. The third kappa shape index (κ3) is 8.98. The minimum Gasteiger partial charge on any atom is -0.466 e. The van der Waals surface area contributed by atoms with Gasteiger partial charge in [0, 0.05) is 12.8 Å². The Morgan fingerprint density at radius 2 is 1.21 bits per heavy atom. The summed E-state index contributed by atoms with van der Waals surface area (Å²) in [6, 6.07) is 19.6. The number of hydrazine groups is 1. The second-order valence-electron chi connectivity index (χ2n) is 6.39. The third-order valence-electron chi connectivity index (χ3n) is 4.10. The molecular formula is C22H26N2O4. The Labute approximate surface area is 165 Å². The second kappa shape index (κ2) is 12.3. The minimum absolute atomic E-state index is 0.0168. The lowest BCUT2D eigenvalue weighted by Gasteiger charge is -2.08. The predicted molar refractivity (Wildman–Crippen MR) is 106 cm³/mol. The third-order valence-corrected chi connectivity index (χ3v) is 4.10. The van der Waals surface area contributed by atoms with Crippen LogP contribution in [0.4, 0.5) is 0 Å². The molecular weight excluding hydrogens is 356 g/mol. The Bertz CT molecular complexity index is 748. The van der Waals surface area contributed by atoms with Crippen molar-refractivity contribution in [2.24, 2.45) is 0 Å². The highest BCUT2D eigenvalue weighted by Gasteiger charge is 2.09. The van der Waals surface area contributed by atoms with Crippen LogP contribution >= 0.6 is 0 Å². The van der Waals surface area contributed by atoms with E-state index in [1.807, 2.05) is 60.7 Å². The van der Waals surface area contributed by atoms with Gasteiger partial charge < -0.3 is 4.74 Å². The van der Waals surface area contributed by atoms with Crippen LogP contribution in [0.15, 0.2) is 60.7 Å². The molecule has 0 aliphatic carbocycles. The van der Waals surface area contributed by atoms with Gasteiger partial charge in [0.1, 0.15) is 0 Å². The molecule has 0 bridgehead atoms. The lowest BCUT2D eigenvalue weighted by Crippen LogP contribution is -2.41. The highest BCUT2D eigenvalue weighted by molar-refractivity contribution is 5.84. The summed E-state index contributed by atoms with van der Waals surface area (Å²) in [6.45, 7) is 0.325. The first-order valence-corrected chi connectivity index (χ1v) is 9.44. The van der Waals surface area contributed by atoms with Crippen LogP contribution in [0, 0.1) is 0 Å². The van der Waals surface area contributed by atoms with Crippen LogP contribution in [0.2, 0.25) is 0 Å². The van der Waals surface area contributed by atoms with Gasteiger partial charge in [0.05, 0.1) is 13.0 Å². The van der Waals surface area contributed by atoms with Crippen LogP contribution < -0.4 is 10.9 Å². The molecule has 0 radical (unpaired) electrons. The maximum Gasteiger partial charge on any atom is 0.306 e. The summed E-state index contributed by atoms with van der Waals surface area (Å²) in [7, 11) is 0. The predicted octanol–water partition coefficient (Wildman–Crippen LogP) is 2.72. The summed E-state index contributed by atoms with van der Waals surface area (Å²) in [4.78, 5) is 35.1. The Morgan fingerprint density at radius 1 is 0.679 bits per heavy atom. The maximum absolute atomic E-state index is 11.7. The summed E-state index contributed by atoms with van der Waals surface area (Å²) in [6.07, 6.45) is 2.39. The fraction of sp³-hybridized carbons (Fsp3) is 0.318. The molecule has 148 valence electrons. The number of benzene rings is 2. The maximum atomic E-state index is 11.7. The van der Waals surface area contributed by atoms with Crippen LogP contribution in [0.25, 0.3) is 0 Å². The average Bonchev–Trinajstić information content (AvgIpc) is 2.74. The molecule has 0 atom stereocenters. The van der Waals surface area contributed by atoms with E-state index < -0.39 is 11.9 Å². The number of carbonyl (C=O) groups is 3. The lowest BCUT2D eigenvalue weighted by molar-refractivity contribution is -0.145. The molecule has 2 aromatic carbocycles. The van der Waals surface area contributed by atoms with Gasteiger partial charge in [-0.2, -0.15) is 0 Å². The van der Waals surface area contributed by atoms with Crippen LogP contribution in [0.5, 0.6) is 0 Å². The van der Waals surface area contributed by atoms with E-state index in [4.69, 9.17) is 4.74 Å². The summed E-state index contributed by atoms with van der Waals surface area (Å²) in [5, 5.41) is 0. The van der Waals surface area contributed by atoms with Crippen molar-refractivity contribution in [2.45, 2.75) is 38.5 Å². The van der Waals surface area contributed by atoms with Gasteiger partial charge in [0.25, 0.3) is 0 Å². The van der Waals surface area contributed by atoms with Gasteiger partial charge in [-0.05, 0) is 30.4 Å². The summed E-state index contributed by atoms with van der Waals surface area (Å²) in [5.74, 6) is -1.12. The van der Waals surface area contributed by atoms with E-state index in [1.54, 1.807) is 0 Å². The molecule has 0 spiro atoms. The summed E-state index contributed by atoms with van der Waals surface area (Å²) < 4.78 is 5.12. The molecule has 0 aromatic heterocycles. The summed E-state index contributed by atoms with van der Waals surface area (Å²) >= 11 is 0. The normalized spacial score (nSPS) is 10.1. The number of esters is 1. The Morgan fingerprint density at radius 3 is 1.82 bits per heavy atom. The van der Waals surface area contributed by atoms with Gasteiger partial charge in [0.15, 0.2) is 0 Å². The molecule has 6 nitrogen and oxygen atoms in total. The first-order chi connectivity index (χ1) is 13.6. The first-order valence-electron chi connectivity index (χ1n) is 9.44. The number of nitrogens with one attached hydrogen (secondary N) is 2. The highest BCUT2D eigenvalue weighted by Crippen LogP contribution is 2.03. The molecule has 2 rings (SSSR count). The number of aryl methyl sites for hydroxylation is 2. The van der Waals surface area contributed by atoms with Crippen molar-refractivity contribution in [1.29, 1.82) is 0 Å². The molecule has 2 amide bonds. The molecule has 28 heavy (non-hydrogen) atoms. The SMILES string of the molecule is O=C(CCC(=O)OCCCc1ccccc1)NNC(=O)CCc1ccccc1. The molecule has 0 fully saturated rings. The van der Waals surface area contributed by atoms with Gasteiger partial charge in [-0.3, -0.25) is 25.2 Å². The van der Waals surface area contributed by atoms with E-state index >= 15 is 0 Å². The van der Waals surface area contributed by atoms with Crippen molar-refractivity contribution in [1.82, 2.24) is 10.9 Å². The number of ether oxygens (including phenoxy) is 1. The number of rotatable bonds is 10. The van der Waals surface area contributed by atoms with Crippen molar-refractivity contribution in [2.75, 3.05) is 6.61 Å². The minimum atomic E-state index is -0.422. The second-order valence-corrected chi connectivity index (χ2v) is 6.39. The zero-order chi connectivity index (χ0) is 20.0. The van der Waals surface area contributed by atoms with Crippen LogP contribution in [0.3, 0.4) is 0 Å². The first kappa shape index (κ1) is 21.2. The molecule has 0 saturated carbocycles. The molecule has 0 aliphatic rings. The van der Waals surface area contributed by atoms with E-state index in [0.717, 1.165) is 18.4 Å². The highest BCUT2D eigenvalue weighted by atomic mass is 16.5. The molecule has 0 unspecified atom stereocenters. The van der Waals surface area contributed by atoms with Gasteiger partial charge in [0.2, 0.25) is 11.8 Å². The molecule has 6 heteroatoms. The Kier molecular flexibility index (Phi) is 9.27. The zero-order valence-electron chi connectivity index (χ0n) is 15.9. The van der Waals surface area contributed by atoms with Crippen molar-refractivity contribution in [3.63, 3.8) is 0 Å². The van der Waals surface area contributed by atoms with Crippen molar-refractivity contribution < 1.29 is 19.1 Å². The number of hydrogen-bond acceptors (Lipinski definition) is 4. The number of carbonyl (C=O) groups excluding carboxylic acids is 3. The largest absolute Gasteiger partial charge is 0.466 e. The van der Waals surface area contributed by atoms with Gasteiger partial charge in [-0.25, -0.2) is 0 Å². The average molecular weight is 382 g/mol. The van der Waals surface area contributed by atoms with E-state index in [1.165, 1.54) is 5.56 Å². The monoisotopic (exact) mass is 382 g/mol. The Balaban J connectivity index is 1.50. The van der Waals surface area contributed by atoms with Crippen molar-refractivity contribution in [3.05, 3.63) is 71.8 Å². The standard InChI is InChI=1S/C22H26N2O4/c25-20(14-13-19-10-5-2-6-11-19)23-24-21(26)15-16-22(27)28-17-7-12-18-8-3-1-4-9-18/h1-6,8-11H,7,12-17H2,(H,23,25)(H,24,26). The summed E-state index contributed by atoms with van der Waals surface area (Å²) in [5.41, 5.74) is 6.92. The van der Waals surface area contributed by atoms with Crippen LogP contribution in [-0.2, 0) is 32.0 Å². The van der Waals surface area contributed by atoms with Gasteiger partial charge in [-0.15, -0.1) is 0 Å². The van der Waals surface area contributed by atoms with Crippen molar-refractivity contribution >= 4 is 17.8 Å². The van der Waals surface area contributed by atoms with Gasteiger partial charge >= 0.3 is 5.97 Å². The van der Waals surface area contributed by atoms with Crippen LogP contribution in [0.1, 0.15) is 36.8 Å². The number of hydrogen-bond donors (Lipinski definition) is 2. The fourth-order valence-corrected chi connectivity index (χ4v) is 2.56. The topological polar surface area (TPSA) is 84.5 Å². The Hall–Kier alpha value is -3.15. The molecule has 0 saturated heterocycles. The molecule has 2 aromatic rings. The molecule has 0 aliphatic heterocycles.